The Morgan fingerprint density at radius 1 is 0.941 bits per heavy atom. The summed E-state index contributed by atoms with van der Waals surface area (Å²) in [4.78, 5) is 12.5. The SMILES string of the molecule is Nc1ncnc2cc(-c3ccccc3)ncc12. The number of nitrogens with two attached hydrogens (primary N) is 1. The smallest absolute Gasteiger partial charge is 0.136 e. The van der Waals surface area contributed by atoms with Gasteiger partial charge in [0, 0.05) is 11.8 Å². The van der Waals surface area contributed by atoms with Crippen molar-refractivity contribution >= 4 is 16.7 Å². The van der Waals surface area contributed by atoms with Crippen LogP contribution in [0.3, 0.4) is 0 Å². The van der Waals surface area contributed by atoms with Crippen molar-refractivity contribution in [3.8, 4) is 11.3 Å². The average Bonchev–Trinajstić information content (AvgIpc) is 2.40. The van der Waals surface area contributed by atoms with Gasteiger partial charge in [-0.25, -0.2) is 9.97 Å². The van der Waals surface area contributed by atoms with E-state index in [1.807, 2.05) is 36.4 Å². The Kier molecular flexibility index (Phi) is 2.19. The van der Waals surface area contributed by atoms with Crippen LogP contribution in [0.1, 0.15) is 0 Å². The molecule has 2 aromatic heterocycles. The Labute approximate surface area is 98.2 Å². The van der Waals surface area contributed by atoms with Crippen LogP contribution in [0.25, 0.3) is 22.2 Å². The minimum absolute atomic E-state index is 0.460. The van der Waals surface area contributed by atoms with Crippen LogP contribution < -0.4 is 5.73 Å². The van der Waals surface area contributed by atoms with Gasteiger partial charge in [0.15, 0.2) is 0 Å². The fourth-order valence-electron chi connectivity index (χ4n) is 1.74. The van der Waals surface area contributed by atoms with Crippen LogP contribution in [0, 0.1) is 0 Å². The van der Waals surface area contributed by atoms with Gasteiger partial charge in [0.1, 0.15) is 12.1 Å². The third-order valence-electron chi connectivity index (χ3n) is 2.62. The molecule has 0 bridgehead atoms. The molecule has 0 unspecified atom stereocenters. The van der Waals surface area contributed by atoms with Crippen molar-refractivity contribution in [2.75, 3.05) is 5.73 Å². The highest BCUT2D eigenvalue weighted by atomic mass is 14.9. The molecule has 82 valence electrons. The second-order valence-electron chi connectivity index (χ2n) is 3.71. The molecule has 0 saturated carbocycles. The van der Waals surface area contributed by atoms with Gasteiger partial charge in [-0.3, -0.25) is 4.98 Å². The molecule has 0 aliphatic heterocycles. The maximum atomic E-state index is 5.75. The van der Waals surface area contributed by atoms with Gasteiger partial charge >= 0.3 is 0 Å². The van der Waals surface area contributed by atoms with Gasteiger partial charge in [-0.1, -0.05) is 30.3 Å². The van der Waals surface area contributed by atoms with Crippen molar-refractivity contribution < 1.29 is 0 Å². The quantitative estimate of drug-likeness (QED) is 0.686. The standard InChI is InChI=1S/C13H10N4/c14-13-10-7-15-11(6-12(10)16-8-17-13)9-4-2-1-3-5-9/h1-8H,(H2,14,16,17). The number of fused-ring (bicyclic) bond motifs is 1. The molecule has 0 fully saturated rings. The van der Waals surface area contributed by atoms with Gasteiger partial charge < -0.3 is 5.73 Å². The van der Waals surface area contributed by atoms with Crippen LogP contribution in [0.5, 0.6) is 0 Å². The monoisotopic (exact) mass is 222 g/mol. The Balaban J connectivity index is 2.21. The molecule has 3 aromatic rings. The van der Waals surface area contributed by atoms with Crippen molar-refractivity contribution in [2.24, 2.45) is 0 Å². The molecule has 2 N–H and O–H groups in total. The van der Waals surface area contributed by atoms with Gasteiger partial charge in [0.05, 0.1) is 16.6 Å². The zero-order chi connectivity index (χ0) is 11.7. The van der Waals surface area contributed by atoms with E-state index in [1.54, 1.807) is 6.20 Å². The number of benzene rings is 1. The van der Waals surface area contributed by atoms with Gasteiger partial charge in [0.25, 0.3) is 0 Å². The summed E-state index contributed by atoms with van der Waals surface area (Å²) in [6.07, 6.45) is 3.18. The molecule has 0 atom stereocenters. The predicted molar refractivity (Wildman–Crippen MR) is 67.2 cm³/mol. The molecule has 17 heavy (non-hydrogen) atoms. The maximum absolute atomic E-state index is 5.75. The second kappa shape index (κ2) is 3.83. The van der Waals surface area contributed by atoms with Crippen LogP contribution in [-0.4, -0.2) is 15.0 Å². The highest BCUT2D eigenvalue weighted by Gasteiger charge is 2.04. The van der Waals surface area contributed by atoms with Crippen molar-refractivity contribution in [1.82, 2.24) is 15.0 Å². The summed E-state index contributed by atoms with van der Waals surface area (Å²) in [7, 11) is 0. The summed E-state index contributed by atoms with van der Waals surface area (Å²) < 4.78 is 0. The molecule has 0 amide bonds. The lowest BCUT2D eigenvalue weighted by Gasteiger charge is -2.03. The number of rotatable bonds is 1. The molecule has 2 heterocycles. The Morgan fingerprint density at radius 2 is 1.76 bits per heavy atom. The van der Waals surface area contributed by atoms with E-state index in [-0.39, 0.29) is 0 Å². The predicted octanol–water partition coefficient (Wildman–Crippen LogP) is 2.27. The minimum atomic E-state index is 0.460. The molecular formula is C13H10N4. The van der Waals surface area contributed by atoms with Gasteiger partial charge in [-0.05, 0) is 6.07 Å². The fraction of sp³-hybridized carbons (Fsp3) is 0. The fourth-order valence-corrected chi connectivity index (χ4v) is 1.74. The zero-order valence-electron chi connectivity index (χ0n) is 9.04. The largest absolute Gasteiger partial charge is 0.383 e. The first kappa shape index (κ1) is 9.72. The van der Waals surface area contributed by atoms with Crippen molar-refractivity contribution in [1.29, 1.82) is 0 Å². The van der Waals surface area contributed by atoms with Crippen LogP contribution in [0.4, 0.5) is 5.82 Å². The molecule has 1 aromatic carbocycles. The van der Waals surface area contributed by atoms with Crippen LogP contribution in [0.15, 0.2) is 48.9 Å². The second-order valence-corrected chi connectivity index (χ2v) is 3.71. The minimum Gasteiger partial charge on any atom is -0.383 e. The van der Waals surface area contributed by atoms with Crippen molar-refractivity contribution in [3.63, 3.8) is 0 Å². The molecule has 0 aliphatic carbocycles. The van der Waals surface area contributed by atoms with Crippen molar-refractivity contribution in [2.45, 2.75) is 0 Å². The van der Waals surface area contributed by atoms with E-state index in [1.165, 1.54) is 6.33 Å². The van der Waals surface area contributed by atoms with Gasteiger partial charge in [0.2, 0.25) is 0 Å². The molecule has 0 saturated heterocycles. The normalized spacial score (nSPS) is 10.6. The number of nitrogen functional groups attached to an aromatic ring is 1. The maximum Gasteiger partial charge on any atom is 0.136 e. The number of nitrogens with zero attached hydrogens (tertiary/aromatic N) is 3. The molecule has 4 heteroatoms. The Morgan fingerprint density at radius 3 is 2.59 bits per heavy atom. The summed E-state index contributed by atoms with van der Waals surface area (Å²) in [6.45, 7) is 0. The molecular weight excluding hydrogens is 212 g/mol. The van der Waals surface area contributed by atoms with Gasteiger partial charge in [-0.15, -0.1) is 0 Å². The zero-order valence-corrected chi connectivity index (χ0v) is 9.04. The summed E-state index contributed by atoms with van der Waals surface area (Å²) >= 11 is 0. The number of aromatic nitrogens is 3. The highest BCUT2D eigenvalue weighted by Crippen LogP contribution is 2.22. The summed E-state index contributed by atoms with van der Waals surface area (Å²) in [5, 5.41) is 0.784. The van der Waals surface area contributed by atoms with E-state index < -0.39 is 0 Å². The number of pyridine rings is 1. The topological polar surface area (TPSA) is 64.7 Å². The lowest BCUT2D eigenvalue weighted by atomic mass is 10.1. The van der Waals surface area contributed by atoms with Crippen molar-refractivity contribution in [3.05, 3.63) is 48.9 Å². The number of anilines is 1. The number of hydrogen-bond acceptors (Lipinski definition) is 4. The molecule has 0 spiro atoms. The van der Waals surface area contributed by atoms with Crippen LogP contribution in [-0.2, 0) is 0 Å². The van der Waals surface area contributed by atoms with E-state index >= 15 is 0 Å². The number of hydrogen-bond donors (Lipinski definition) is 1. The molecule has 0 radical (unpaired) electrons. The van der Waals surface area contributed by atoms with E-state index in [0.29, 0.717) is 5.82 Å². The van der Waals surface area contributed by atoms with Gasteiger partial charge in [-0.2, -0.15) is 0 Å². The van der Waals surface area contributed by atoms with E-state index in [2.05, 4.69) is 15.0 Å². The highest BCUT2D eigenvalue weighted by molar-refractivity contribution is 5.89. The molecule has 0 aliphatic rings. The third-order valence-corrected chi connectivity index (χ3v) is 2.62. The first-order valence-corrected chi connectivity index (χ1v) is 5.26. The van der Waals surface area contributed by atoms with E-state index in [4.69, 9.17) is 5.73 Å². The van der Waals surface area contributed by atoms with E-state index in [0.717, 1.165) is 22.2 Å². The Bertz CT molecular complexity index is 665. The summed E-state index contributed by atoms with van der Waals surface area (Å²) in [6, 6.07) is 11.9. The van der Waals surface area contributed by atoms with Crippen LogP contribution >= 0.6 is 0 Å². The summed E-state index contributed by atoms with van der Waals surface area (Å²) in [5.41, 5.74) is 8.51. The lowest BCUT2D eigenvalue weighted by molar-refractivity contribution is 1.21. The van der Waals surface area contributed by atoms with E-state index in [9.17, 15) is 0 Å². The molecule has 4 nitrogen and oxygen atoms in total. The summed E-state index contributed by atoms with van der Waals surface area (Å²) in [5.74, 6) is 0.460. The average molecular weight is 222 g/mol. The Hall–Kier alpha value is -2.49. The van der Waals surface area contributed by atoms with Crippen LogP contribution in [0.2, 0.25) is 0 Å². The third kappa shape index (κ3) is 1.69. The lowest BCUT2D eigenvalue weighted by Crippen LogP contribution is -1.94. The first-order valence-electron chi connectivity index (χ1n) is 5.26. The molecule has 3 rings (SSSR count). The first-order chi connectivity index (χ1) is 8.34.